The lowest BCUT2D eigenvalue weighted by molar-refractivity contribution is 0.242. The van der Waals surface area contributed by atoms with E-state index in [0.717, 1.165) is 15.6 Å². The highest BCUT2D eigenvalue weighted by Crippen LogP contribution is 2.24. The highest BCUT2D eigenvalue weighted by atomic mass is 79.9. The molecule has 1 N–H and O–H groups in total. The fourth-order valence-corrected chi connectivity index (χ4v) is 2.54. The molecule has 4 nitrogen and oxygen atoms in total. The van der Waals surface area contributed by atoms with Gasteiger partial charge < -0.3 is 14.3 Å². The van der Waals surface area contributed by atoms with Crippen LogP contribution in [0.25, 0.3) is 0 Å². The second kappa shape index (κ2) is 7.36. The molecule has 0 amide bonds. The summed E-state index contributed by atoms with van der Waals surface area (Å²) >= 11 is 3.38. The van der Waals surface area contributed by atoms with Crippen LogP contribution in [-0.2, 0) is 13.0 Å². The van der Waals surface area contributed by atoms with Gasteiger partial charge in [0.1, 0.15) is 12.9 Å². The Labute approximate surface area is 147 Å². The summed E-state index contributed by atoms with van der Waals surface area (Å²) in [5, 5.41) is 9.80. The van der Waals surface area contributed by atoms with Gasteiger partial charge >= 0.3 is 5.95 Å². The molecule has 0 atom stereocenters. The molecule has 0 unspecified atom stereocenters. The number of ether oxygens (including phenoxy) is 1. The maximum atomic E-state index is 12.5. The SMILES string of the molecule is O=c1c(Cc2ccc(Br)cc2)coc(O)c1OCc1ccccc1. The van der Waals surface area contributed by atoms with Crippen molar-refractivity contribution in [1.29, 1.82) is 0 Å². The number of hydrogen-bond donors (Lipinski definition) is 1. The normalized spacial score (nSPS) is 10.5. The van der Waals surface area contributed by atoms with E-state index in [1.807, 2.05) is 54.6 Å². The summed E-state index contributed by atoms with van der Waals surface area (Å²) in [6.45, 7) is 0.181. The summed E-state index contributed by atoms with van der Waals surface area (Å²) in [6.07, 6.45) is 1.67. The van der Waals surface area contributed by atoms with Crippen LogP contribution in [0.2, 0.25) is 0 Å². The number of benzene rings is 2. The fourth-order valence-electron chi connectivity index (χ4n) is 2.28. The summed E-state index contributed by atoms with van der Waals surface area (Å²) in [7, 11) is 0. The van der Waals surface area contributed by atoms with Gasteiger partial charge in [0.15, 0.2) is 0 Å². The Morgan fingerprint density at radius 2 is 1.71 bits per heavy atom. The lowest BCUT2D eigenvalue weighted by Crippen LogP contribution is -2.13. The Bertz CT molecular complexity index is 870. The highest BCUT2D eigenvalue weighted by Gasteiger charge is 2.15. The third-order valence-corrected chi connectivity index (χ3v) is 4.07. The molecule has 0 saturated carbocycles. The van der Waals surface area contributed by atoms with E-state index < -0.39 is 5.95 Å². The molecule has 3 rings (SSSR count). The molecule has 3 aromatic rings. The fraction of sp³-hybridized carbons (Fsp3) is 0.105. The zero-order chi connectivity index (χ0) is 16.9. The van der Waals surface area contributed by atoms with Gasteiger partial charge in [-0.3, -0.25) is 4.79 Å². The molecule has 0 aliphatic carbocycles. The van der Waals surface area contributed by atoms with Crippen LogP contribution in [0.15, 0.2) is 74.5 Å². The summed E-state index contributed by atoms with van der Waals surface area (Å²) < 4.78 is 11.5. The van der Waals surface area contributed by atoms with Crippen molar-refractivity contribution in [1.82, 2.24) is 0 Å². The van der Waals surface area contributed by atoms with E-state index in [9.17, 15) is 9.90 Å². The molecular formula is C19H15BrO4. The summed E-state index contributed by atoms with van der Waals surface area (Å²) in [4.78, 5) is 12.5. The molecule has 0 aliphatic heterocycles. The molecule has 0 bridgehead atoms. The van der Waals surface area contributed by atoms with Crippen molar-refractivity contribution in [2.75, 3.05) is 0 Å². The summed E-state index contributed by atoms with van der Waals surface area (Å²) in [5.74, 6) is -0.663. The predicted octanol–water partition coefficient (Wildman–Crippen LogP) is 4.28. The van der Waals surface area contributed by atoms with Crippen LogP contribution in [-0.4, -0.2) is 5.11 Å². The van der Waals surface area contributed by atoms with E-state index in [2.05, 4.69) is 15.9 Å². The van der Waals surface area contributed by atoms with Gasteiger partial charge in [-0.2, -0.15) is 0 Å². The van der Waals surface area contributed by atoms with E-state index in [4.69, 9.17) is 9.15 Å². The third kappa shape index (κ3) is 3.86. The van der Waals surface area contributed by atoms with E-state index in [1.54, 1.807) is 0 Å². The minimum atomic E-state index is -0.504. The Hall–Kier alpha value is -2.53. The topological polar surface area (TPSA) is 59.7 Å². The van der Waals surface area contributed by atoms with E-state index >= 15 is 0 Å². The Morgan fingerprint density at radius 3 is 2.42 bits per heavy atom. The Kier molecular flexibility index (Phi) is 5.01. The van der Waals surface area contributed by atoms with Crippen LogP contribution in [0.3, 0.4) is 0 Å². The zero-order valence-electron chi connectivity index (χ0n) is 12.7. The number of rotatable bonds is 5. The maximum absolute atomic E-state index is 12.5. The molecule has 5 heteroatoms. The van der Waals surface area contributed by atoms with Gasteiger partial charge in [-0.05, 0) is 23.3 Å². The molecule has 24 heavy (non-hydrogen) atoms. The maximum Gasteiger partial charge on any atom is 0.330 e. The van der Waals surface area contributed by atoms with Gasteiger partial charge in [0.2, 0.25) is 11.2 Å². The van der Waals surface area contributed by atoms with Crippen LogP contribution in [0.1, 0.15) is 16.7 Å². The van der Waals surface area contributed by atoms with E-state index in [1.165, 1.54) is 6.26 Å². The van der Waals surface area contributed by atoms with Crippen molar-refractivity contribution in [3.8, 4) is 11.7 Å². The molecule has 0 spiro atoms. The van der Waals surface area contributed by atoms with Crippen LogP contribution in [0.5, 0.6) is 11.7 Å². The van der Waals surface area contributed by atoms with E-state index in [0.29, 0.717) is 12.0 Å². The van der Waals surface area contributed by atoms with Gasteiger partial charge in [0.25, 0.3) is 0 Å². The van der Waals surface area contributed by atoms with Crippen molar-refractivity contribution < 1.29 is 14.3 Å². The van der Waals surface area contributed by atoms with Crippen LogP contribution < -0.4 is 10.2 Å². The minimum absolute atomic E-state index is 0.159. The van der Waals surface area contributed by atoms with Crippen LogP contribution in [0.4, 0.5) is 0 Å². The molecule has 1 aromatic heterocycles. The molecule has 122 valence electrons. The number of hydrogen-bond acceptors (Lipinski definition) is 4. The first kappa shape index (κ1) is 16.3. The molecule has 0 aliphatic rings. The molecule has 0 radical (unpaired) electrons. The lowest BCUT2D eigenvalue weighted by atomic mass is 10.1. The van der Waals surface area contributed by atoms with Crippen molar-refractivity contribution in [2.24, 2.45) is 0 Å². The smallest absolute Gasteiger partial charge is 0.330 e. The van der Waals surface area contributed by atoms with Crippen molar-refractivity contribution in [2.45, 2.75) is 13.0 Å². The molecule has 1 heterocycles. The predicted molar refractivity (Wildman–Crippen MR) is 94.4 cm³/mol. The monoisotopic (exact) mass is 386 g/mol. The Balaban J connectivity index is 1.82. The van der Waals surface area contributed by atoms with Crippen molar-refractivity contribution >= 4 is 15.9 Å². The third-order valence-electron chi connectivity index (χ3n) is 3.54. The molecule has 0 saturated heterocycles. The van der Waals surface area contributed by atoms with Crippen LogP contribution >= 0.6 is 15.9 Å². The van der Waals surface area contributed by atoms with E-state index in [-0.39, 0.29) is 17.8 Å². The van der Waals surface area contributed by atoms with Crippen molar-refractivity contribution in [3.05, 3.63) is 92.2 Å². The number of aromatic hydroxyl groups is 1. The second-order valence-corrected chi connectivity index (χ2v) is 6.22. The first-order valence-corrected chi connectivity index (χ1v) is 8.17. The first-order chi connectivity index (χ1) is 11.6. The van der Waals surface area contributed by atoms with Gasteiger partial charge in [-0.1, -0.05) is 58.4 Å². The van der Waals surface area contributed by atoms with Crippen molar-refractivity contribution in [3.63, 3.8) is 0 Å². The summed E-state index contributed by atoms with van der Waals surface area (Å²) in [6, 6.07) is 17.1. The number of halogens is 1. The first-order valence-electron chi connectivity index (χ1n) is 7.38. The zero-order valence-corrected chi connectivity index (χ0v) is 14.3. The average Bonchev–Trinajstić information content (AvgIpc) is 2.60. The molecular weight excluding hydrogens is 372 g/mol. The van der Waals surface area contributed by atoms with Crippen LogP contribution in [0, 0.1) is 0 Å². The highest BCUT2D eigenvalue weighted by molar-refractivity contribution is 9.10. The van der Waals surface area contributed by atoms with Gasteiger partial charge in [-0.15, -0.1) is 0 Å². The van der Waals surface area contributed by atoms with Gasteiger partial charge in [0.05, 0.1) is 0 Å². The average molecular weight is 387 g/mol. The second-order valence-electron chi connectivity index (χ2n) is 5.30. The quantitative estimate of drug-likeness (QED) is 0.710. The standard InChI is InChI=1S/C19H15BrO4/c20-16-8-6-13(7-9-16)10-15-12-24-19(22)18(17(15)21)23-11-14-4-2-1-3-5-14/h1-9,12,22H,10-11H2. The summed E-state index contributed by atoms with van der Waals surface area (Å²) in [5.41, 5.74) is 1.93. The largest absolute Gasteiger partial charge is 0.479 e. The lowest BCUT2D eigenvalue weighted by Gasteiger charge is -2.08. The van der Waals surface area contributed by atoms with Gasteiger partial charge in [0, 0.05) is 16.5 Å². The Morgan fingerprint density at radius 1 is 1.00 bits per heavy atom. The molecule has 0 fully saturated rings. The van der Waals surface area contributed by atoms with Gasteiger partial charge in [-0.25, -0.2) is 0 Å². The molecule has 2 aromatic carbocycles. The minimum Gasteiger partial charge on any atom is -0.479 e.